The molecule has 0 aromatic carbocycles. The molecule has 1 saturated heterocycles. The van der Waals surface area contributed by atoms with E-state index in [1.807, 2.05) is 24.1 Å². The zero-order chi connectivity index (χ0) is 15.0. The fraction of sp³-hybridized carbons (Fsp3) is 0.467. The van der Waals surface area contributed by atoms with E-state index < -0.39 is 0 Å². The van der Waals surface area contributed by atoms with E-state index in [1.165, 1.54) is 11.3 Å². The fourth-order valence-corrected chi connectivity index (χ4v) is 3.86. The average molecular weight is 304 g/mol. The smallest absolute Gasteiger partial charge is 0.266 e. The summed E-state index contributed by atoms with van der Waals surface area (Å²) >= 11 is 1.39. The highest BCUT2D eigenvalue weighted by Crippen LogP contribution is 2.33. The van der Waals surface area contributed by atoms with E-state index in [1.54, 1.807) is 6.20 Å². The monoisotopic (exact) mass is 304 g/mol. The van der Waals surface area contributed by atoms with Crippen LogP contribution in [-0.4, -0.2) is 53.9 Å². The standard InChI is InChI=1S/C15H20N4OS/c1-18-8-5-10(6-9-18)19(2)15(20)13-12(16)11-4-3-7-17-14(11)21-13/h3-4,7,10H,5-6,8-9,16H2,1-2H3. The average Bonchev–Trinajstić information content (AvgIpc) is 2.84. The van der Waals surface area contributed by atoms with E-state index in [0.717, 1.165) is 36.1 Å². The molecule has 112 valence electrons. The molecule has 5 nitrogen and oxygen atoms in total. The first-order chi connectivity index (χ1) is 10.1. The van der Waals surface area contributed by atoms with Crippen LogP contribution in [0.15, 0.2) is 18.3 Å². The number of amides is 1. The lowest BCUT2D eigenvalue weighted by molar-refractivity contribution is 0.0665. The number of hydrogen-bond donors (Lipinski definition) is 1. The van der Waals surface area contributed by atoms with Gasteiger partial charge in [0.2, 0.25) is 0 Å². The van der Waals surface area contributed by atoms with E-state index in [9.17, 15) is 4.79 Å². The highest BCUT2D eigenvalue weighted by Gasteiger charge is 2.27. The van der Waals surface area contributed by atoms with Crippen molar-refractivity contribution in [1.29, 1.82) is 0 Å². The number of piperidine rings is 1. The third-order valence-corrected chi connectivity index (χ3v) is 5.37. The van der Waals surface area contributed by atoms with Crippen LogP contribution in [-0.2, 0) is 0 Å². The second-order valence-corrected chi connectivity index (χ2v) is 6.65. The lowest BCUT2D eigenvalue weighted by Crippen LogP contribution is -2.44. The molecule has 0 spiro atoms. The van der Waals surface area contributed by atoms with Gasteiger partial charge < -0.3 is 15.5 Å². The molecule has 2 aromatic rings. The van der Waals surface area contributed by atoms with Crippen LogP contribution >= 0.6 is 11.3 Å². The molecule has 0 radical (unpaired) electrons. The molecule has 21 heavy (non-hydrogen) atoms. The predicted octanol–water partition coefficient (Wildman–Crippen LogP) is 2.04. The lowest BCUT2D eigenvalue weighted by atomic mass is 10.0. The minimum absolute atomic E-state index is 0.0186. The van der Waals surface area contributed by atoms with Gasteiger partial charge in [-0.3, -0.25) is 4.79 Å². The Labute approximate surface area is 128 Å². The first-order valence-electron chi connectivity index (χ1n) is 7.16. The summed E-state index contributed by atoms with van der Waals surface area (Å²) in [6.07, 6.45) is 3.76. The van der Waals surface area contributed by atoms with Crippen molar-refractivity contribution in [3.8, 4) is 0 Å². The van der Waals surface area contributed by atoms with Crippen molar-refractivity contribution in [2.75, 3.05) is 32.9 Å². The van der Waals surface area contributed by atoms with Gasteiger partial charge >= 0.3 is 0 Å². The number of anilines is 1. The van der Waals surface area contributed by atoms with Crippen LogP contribution in [0.5, 0.6) is 0 Å². The van der Waals surface area contributed by atoms with Gasteiger partial charge in [-0.2, -0.15) is 0 Å². The van der Waals surface area contributed by atoms with Crippen molar-refractivity contribution < 1.29 is 4.79 Å². The number of thiophene rings is 1. The Bertz CT molecular complexity index is 661. The van der Waals surface area contributed by atoms with Gasteiger partial charge in [0.15, 0.2) is 0 Å². The van der Waals surface area contributed by atoms with Crippen molar-refractivity contribution in [1.82, 2.24) is 14.8 Å². The largest absolute Gasteiger partial charge is 0.397 e. The summed E-state index contributed by atoms with van der Waals surface area (Å²) in [6.45, 7) is 2.07. The SMILES string of the molecule is CN1CCC(N(C)C(=O)c2sc3ncccc3c2N)CC1. The molecule has 1 fully saturated rings. The van der Waals surface area contributed by atoms with Crippen LogP contribution in [0.25, 0.3) is 10.2 Å². The molecule has 0 unspecified atom stereocenters. The van der Waals surface area contributed by atoms with Crippen LogP contribution in [0.4, 0.5) is 5.69 Å². The number of pyridine rings is 1. The summed E-state index contributed by atoms with van der Waals surface area (Å²) in [5.74, 6) is 0.0186. The van der Waals surface area contributed by atoms with Crippen molar-refractivity contribution >= 4 is 33.1 Å². The number of carbonyl (C=O) groups is 1. The van der Waals surface area contributed by atoms with Gasteiger partial charge in [0, 0.05) is 24.7 Å². The Balaban J connectivity index is 1.84. The molecule has 2 N–H and O–H groups in total. The van der Waals surface area contributed by atoms with Crippen molar-refractivity contribution in [3.05, 3.63) is 23.2 Å². The van der Waals surface area contributed by atoms with Gasteiger partial charge in [-0.1, -0.05) is 0 Å². The quantitative estimate of drug-likeness (QED) is 0.922. The number of likely N-dealkylation sites (tertiary alicyclic amines) is 1. The second kappa shape index (κ2) is 5.61. The maximum atomic E-state index is 12.7. The number of carbonyl (C=O) groups excluding carboxylic acids is 1. The summed E-state index contributed by atoms with van der Waals surface area (Å²) in [7, 11) is 4.00. The van der Waals surface area contributed by atoms with E-state index in [2.05, 4.69) is 16.9 Å². The van der Waals surface area contributed by atoms with Crippen LogP contribution < -0.4 is 5.73 Å². The fourth-order valence-electron chi connectivity index (χ4n) is 2.82. The van der Waals surface area contributed by atoms with Gasteiger partial charge in [0.25, 0.3) is 5.91 Å². The molecule has 0 saturated carbocycles. The molecular weight excluding hydrogens is 284 g/mol. The molecule has 0 aliphatic carbocycles. The van der Waals surface area contributed by atoms with E-state index >= 15 is 0 Å². The molecule has 6 heteroatoms. The Hall–Kier alpha value is -1.66. The molecule has 3 rings (SSSR count). The van der Waals surface area contributed by atoms with Gasteiger partial charge in [0.1, 0.15) is 9.71 Å². The molecule has 1 aliphatic rings. The molecule has 3 heterocycles. The number of rotatable bonds is 2. The molecule has 1 aliphatic heterocycles. The van der Waals surface area contributed by atoms with Crippen LogP contribution in [0.3, 0.4) is 0 Å². The third kappa shape index (κ3) is 2.61. The van der Waals surface area contributed by atoms with Crippen LogP contribution in [0.2, 0.25) is 0 Å². The van der Waals surface area contributed by atoms with E-state index in [4.69, 9.17) is 5.73 Å². The number of nitrogens with two attached hydrogens (primary N) is 1. The minimum Gasteiger partial charge on any atom is -0.397 e. The zero-order valence-electron chi connectivity index (χ0n) is 12.4. The summed E-state index contributed by atoms with van der Waals surface area (Å²) in [5.41, 5.74) is 6.71. The van der Waals surface area contributed by atoms with Gasteiger partial charge in [-0.15, -0.1) is 11.3 Å². The first kappa shape index (κ1) is 14.3. The van der Waals surface area contributed by atoms with Gasteiger partial charge in [-0.25, -0.2) is 4.98 Å². The molecule has 1 amide bonds. The predicted molar refractivity (Wildman–Crippen MR) is 86.6 cm³/mol. The Kier molecular flexibility index (Phi) is 3.82. The number of nitrogens with zero attached hydrogens (tertiary/aromatic N) is 3. The highest BCUT2D eigenvalue weighted by molar-refractivity contribution is 7.21. The lowest BCUT2D eigenvalue weighted by Gasteiger charge is -2.35. The number of aromatic nitrogens is 1. The summed E-state index contributed by atoms with van der Waals surface area (Å²) in [4.78, 5) is 22.6. The third-order valence-electron chi connectivity index (χ3n) is 4.26. The van der Waals surface area contributed by atoms with Crippen molar-refractivity contribution in [3.63, 3.8) is 0 Å². The Morgan fingerprint density at radius 1 is 1.48 bits per heavy atom. The maximum Gasteiger partial charge on any atom is 0.266 e. The zero-order valence-corrected chi connectivity index (χ0v) is 13.2. The first-order valence-corrected chi connectivity index (χ1v) is 7.98. The summed E-state index contributed by atoms with van der Waals surface area (Å²) in [6, 6.07) is 4.06. The molecule has 0 bridgehead atoms. The topological polar surface area (TPSA) is 62.5 Å². The van der Waals surface area contributed by atoms with Gasteiger partial charge in [-0.05, 0) is 45.1 Å². The summed E-state index contributed by atoms with van der Waals surface area (Å²) in [5, 5.41) is 0.877. The maximum absolute atomic E-state index is 12.7. The van der Waals surface area contributed by atoms with Crippen LogP contribution in [0.1, 0.15) is 22.5 Å². The highest BCUT2D eigenvalue weighted by atomic mass is 32.1. The van der Waals surface area contributed by atoms with Crippen molar-refractivity contribution in [2.24, 2.45) is 0 Å². The Morgan fingerprint density at radius 2 is 2.19 bits per heavy atom. The van der Waals surface area contributed by atoms with E-state index in [-0.39, 0.29) is 5.91 Å². The van der Waals surface area contributed by atoms with E-state index in [0.29, 0.717) is 16.6 Å². The molecule has 0 atom stereocenters. The molecule has 2 aromatic heterocycles. The van der Waals surface area contributed by atoms with Crippen molar-refractivity contribution in [2.45, 2.75) is 18.9 Å². The minimum atomic E-state index is 0.0186. The summed E-state index contributed by atoms with van der Waals surface area (Å²) < 4.78 is 0. The number of fused-ring (bicyclic) bond motifs is 1. The van der Waals surface area contributed by atoms with Gasteiger partial charge in [0.05, 0.1) is 5.69 Å². The number of nitrogen functional groups attached to an aromatic ring is 1. The van der Waals surface area contributed by atoms with Crippen LogP contribution in [0, 0.1) is 0 Å². The normalized spacial score (nSPS) is 17.2. The number of hydrogen-bond acceptors (Lipinski definition) is 5. The Morgan fingerprint density at radius 3 is 2.86 bits per heavy atom. The second-order valence-electron chi connectivity index (χ2n) is 5.65. The molecular formula is C15H20N4OS.